The van der Waals surface area contributed by atoms with Crippen LogP contribution in [0.5, 0.6) is 0 Å². The fourth-order valence-corrected chi connectivity index (χ4v) is 5.13. The third kappa shape index (κ3) is 4.90. The Morgan fingerprint density at radius 1 is 1.03 bits per heavy atom. The van der Waals surface area contributed by atoms with Crippen LogP contribution in [0, 0.1) is 0 Å². The summed E-state index contributed by atoms with van der Waals surface area (Å²) in [4.78, 5) is 28.1. The third-order valence-corrected chi connectivity index (χ3v) is 6.98. The van der Waals surface area contributed by atoms with Crippen LogP contribution >= 0.6 is 23.7 Å². The van der Waals surface area contributed by atoms with E-state index in [4.69, 9.17) is 4.74 Å². The van der Waals surface area contributed by atoms with Gasteiger partial charge in [0.25, 0.3) is 0 Å². The molecule has 8 heteroatoms. The van der Waals surface area contributed by atoms with Crippen LogP contribution in [0.1, 0.15) is 21.9 Å². The van der Waals surface area contributed by atoms with Gasteiger partial charge in [0.1, 0.15) is 12.6 Å². The van der Waals surface area contributed by atoms with Gasteiger partial charge in [0, 0.05) is 30.4 Å². The Hall–Kier alpha value is -2.87. The quantitative estimate of drug-likeness (QED) is 0.575. The van der Waals surface area contributed by atoms with Crippen LogP contribution in [-0.4, -0.2) is 49.2 Å². The number of nitrogens with zero attached hydrogens (tertiary/aromatic N) is 1. The van der Waals surface area contributed by atoms with Gasteiger partial charge in [-0.15, -0.1) is 23.7 Å². The van der Waals surface area contributed by atoms with Crippen molar-refractivity contribution in [2.75, 3.05) is 26.2 Å². The Morgan fingerprint density at radius 2 is 1.73 bits per heavy atom. The van der Waals surface area contributed by atoms with Crippen LogP contribution < -0.4 is 10.6 Å². The van der Waals surface area contributed by atoms with Gasteiger partial charge in [-0.05, 0) is 33.7 Å². The maximum Gasteiger partial charge on any atom is 0.409 e. The summed E-state index contributed by atoms with van der Waals surface area (Å²) in [5, 5.41) is 8.13. The molecule has 1 aliphatic carbocycles. The van der Waals surface area contributed by atoms with E-state index in [1.807, 2.05) is 41.8 Å². The number of halogens is 1. The van der Waals surface area contributed by atoms with Crippen molar-refractivity contribution in [3.05, 3.63) is 82.0 Å². The van der Waals surface area contributed by atoms with Gasteiger partial charge in [0.2, 0.25) is 5.91 Å². The van der Waals surface area contributed by atoms with E-state index in [1.165, 1.54) is 22.3 Å². The Morgan fingerprint density at radius 3 is 2.39 bits per heavy atom. The molecule has 3 aromatic rings. The second-order valence-electron chi connectivity index (χ2n) is 8.05. The normalized spacial score (nSPS) is 17.0. The Labute approximate surface area is 203 Å². The molecule has 1 aliphatic heterocycles. The maximum absolute atomic E-state index is 12.8. The summed E-state index contributed by atoms with van der Waals surface area (Å²) in [7, 11) is 0. The largest absolute Gasteiger partial charge is 0.448 e. The molecule has 5 rings (SSSR count). The molecule has 33 heavy (non-hydrogen) atoms. The summed E-state index contributed by atoms with van der Waals surface area (Å²) in [6.45, 7) is 2.16. The van der Waals surface area contributed by atoms with Crippen LogP contribution in [-0.2, 0) is 16.1 Å². The highest BCUT2D eigenvalue weighted by Crippen LogP contribution is 2.44. The zero-order valence-electron chi connectivity index (χ0n) is 18.0. The number of nitrogens with one attached hydrogen (secondary N) is 2. The van der Waals surface area contributed by atoms with Crippen molar-refractivity contribution in [1.29, 1.82) is 0 Å². The molecule has 2 N–H and O–H groups in total. The highest BCUT2D eigenvalue weighted by atomic mass is 35.5. The van der Waals surface area contributed by atoms with Crippen molar-refractivity contribution in [3.63, 3.8) is 0 Å². The molecule has 2 aliphatic rings. The number of ether oxygens (including phenoxy) is 1. The highest BCUT2D eigenvalue weighted by molar-refractivity contribution is 7.09. The summed E-state index contributed by atoms with van der Waals surface area (Å²) in [6, 6.07) is 20.1. The van der Waals surface area contributed by atoms with Gasteiger partial charge >= 0.3 is 6.09 Å². The number of amides is 2. The Balaban J connectivity index is 0.00000259. The number of hydrogen-bond donors (Lipinski definition) is 2. The van der Waals surface area contributed by atoms with Crippen LogP contribution in [0.15, 0.2) is 66.0 Å². The van der Waals surface area contributed by atoms with Crippen LogP contribution in [0.25, 0.3) is 11.1 Å². The third-order valence-electron chi connectivity index (χ3n) is 6.10. The number of fused-ring (bicyclic) bond motifs is 3. The van der Waals surface area contributed by atoms with E-state index in [9.17, 15) is 9.59 Å². The molecule has 1 aromatic heterocycles. The van der Waals surface area contributed by atoms with Gasteiger partial charge in [-0.1, -0.05) is 54.6 Å². The van der Waals surface area contributed by atoms with Crippen molar-refractivity contribution in [1.82, 2.24) is 15.5 Å². The van der Waals surface area contributed by atoms with Crippen LogP contribution in [0.4, 0.5) is 4.79 Å². The van der Waals surface area contributed by atoms with Crippen LogP contribution in [0.3, 0.4) is 0 Å². The van der Waals surface area contributed by atoms with Gasteiger partial charge in [-0.3, -0.25) is 4.79 Å². The van der Waals surface area contributed by atoms with E-state index < -0.39 is 6.04 Å². The molecule has 2 heterocycles. The molecule has 2 aromatic carbocycles. The monoisotopic (exact) mass is 483 g/mol. The predicted octanol–water partition coefficient (Wildman–Crippen LogP) is 4.01. The molecule has 0 spiro atoms. The number of rotatable bonds is 5. The second kappa shape index (κ2) is 10.4. The summed E-state index contributed by atoms with van der Waals surface area (Å²) < 4.78 is 5.76. The SMILES string of the molecule is Cl.O=C(NCc1cccs1)[C@@H]1CN(C(=O)OCC2c3ccccc3-c3ccccc32)CCN1. The lowest BCUT2D eigenvalue weighted by Crippen LogP contribution is -2.58. The van der Waals surface area contributed by atoms with Crippen molar-refractivity contribution in [2.24, 2.45) is 0 Å². The number of carbonyl (C=O) groups is 2. The lowest BCUT2D eigenvalue weighted by Gasteiger charge is -2.32. The fourth-order valence-electron chi connectivity index (χ4n) is 4.49. The van der Waals surface area contributed by atoms with E-state index in [0.29, 0.717) is 26.2 Å². The molecule has 1 atom stereocenters. The predicted molar refractivity (Wildman–Crippen MR) is 132 cm³/mol. The number of hydrogen-bond acceptors (Lipinski definition) is 5. The van der Waals surface area contributed by atoms with Gasteiger partial charge in [0.05, 0.1) is 6.54 Å². The molecule has 0 saturated carbocycles. The van der Waals surface area contributed by atoms with E-state index in [-0.39, 0.29) is 36.9 Å². The first kappa shape index (κ1) is 23.3. The number of piperazine rings is 1. The molecule has 6 nitrogen and oxygen atoms in total. The standard InChI is InChI=1S/C25H25N3O3S.ClH/c29-24(27-14-17-6-5-13-32-17)23-15-28(12-11-26-23)25(30)31-16-22-20-9-3-1-7-18(20)19-8-2-4-10-21(19)22;/h1-10,13,22-23,26H,11-12,14-16H2,(H,27,29);1H/t23-;/m0./s1. The number of benzene rings is 2. The fraction of sp³-hybridized carbons (Fsp3) is 0.280. The van der Waals surface area contributed by atoms with Gasteiger partial charge in [-0.25, -0.2) is 4.79 Å². The van der Waals surface area contributed by atoms with Crippen molar-refractivity contribution in [3.8, 4) is 11.1 Å². The van der Waals surface area contributed by atoms with Crippen LogP contribution in [0.2, 0.25) is 0 Å². The summed E-state index contributed by atoms with van der Waals surface area (Å²) in [5.74, 6) is -0.0753. The minimum absolute atomic E-state index is 0. The first-order chi connectivity index (χ1) is 15.7. The van der Waals surface area contributed by atoms with Gasteiger partial charge < -0.3 is 20.3 Å². The van der Waals surface area contributed by atoms with Crippen molar-refractivity contribution >= 4 is 35.7 Å². The molecule has 172 valence electrons. The van der Waals surface area contributed by atoms with E-state index in [2.05, 4.69) is 34.9 Å². The van der Waals surface area contributed by atoms with E-state index >= 15 is 0 Å². The molecule has 2 amide bonds. The van der Waals surface area contributed by atoms with E-state index in [1.54, 1.807) is 16.2 Å². The lowest BCUT2D eigenvalue weighted by molar-refractivity contribution is -0.124. The summed E-state index contributed by atoms with van der Waals surface area (Å²) in [5.41, 5.74) is 4.78. The minimum Gasteiger partial charge on any atom is -0.448 e. The molecule has 1 saturated heterocycles. The Bertz CT molecular complexity index is 1080. The first-order valence-corrected chi connectivity index (χ1v) is 11.7. The Kier molecular flexibility index (Phi) is 7.33. The topological polar surface area (TPSA) is 70.7 Å². The zero-order chi connectivity index (χ0) is 21.9. The highest BCUT2D eigenvalue weighted by Gasteiger charge is 2.32. The van der Waals surface area contributed by atoms with E-state index in [0.717, 1.165) is 4.88 Å². The first-order valence-electron chi connectivity index (χ1n) is 10.8. The average molecular weight is 484 g/mol. The smallest absolute Gasteiger partial charge is 0.409 e. The summed E-state index contributed by atoms with van der Waals surface area (Å²) >= 11 is 1.61. The minimum atomic E-state index is -0.441. The summed E-state index contributed by atoms with van der Waals surface area (Å²) in [6.07, 6.45) is -0.371. The second-order valence-corrected chi connectivity index (χ2v) is 9.09. The number of thiophene rings is 1. The van der Waals surface area contributed by atoms with Crippen molar-refractivity contribution < 1.29 is 14.3 Å². The lowest BCUT2D eigenvalue weighted by atomic mass is 9.98. The van der Waals surface area contributed by atoms with Crippen molar-refractivity contribution in [2.45, 2.75) is 18.5 Å². The molecule has 0 bridgehead atoms. The van der Waals surface area contributed by atoms with Gasteiger partial charge in [-0.2, -0.15) is 0 Å². The average Bonchev–Trinajstić information content (AvgIpc) is 3.47. The molecular weight excluding hydrogens is 458 g/mol. The molecule has 0 unspecified atom stereocenters. The molecule has 0 radical (unpaired) electrons. The zero-order valence-corrected chi connectivity index (χ0v) is 19.7. The maximum atomic E-state index is 12.8. The number of carbonyl (C=O) groups excluding carboxylic acids is 2. The molecular formula is C25H26ClN3O3S. The van der Waals surface area contributed by atoms with Gasteiger partial charge in [0.15, 0.2) is 0 Å². The molecule has 1 fully saturated rings.